The van der Waals surface area contributed by atoms with Crippen molar-refractivity contribution in [3.63, 3.8) is 0 Å². The molecule has 0 saturated heterocycles. The zero-order chi connectivity index (χ0) is 17.3. The van der Waals surface area contributed by atoms with Crippen molar-refractivity contribution in [2.45, 2.75) is 6.92 Å². The summed E-state index contributed by atoms with van der Waals surface area (Å²) in [6.07, 6.45) is 0. The van der Waals surface area contributed by atoms with Gasteiger partial charge in [-0.3, -0.25) is 4.79 Å². The first-order valence-electron chi connectivity index (χ1n) is 7.21. The van der Waals surface area contributed by atoms with Crippen molar-refractivity contribution >= 4 is 22.6 Å². The fourth-order valence-electron chi connectivity index (χ4n) is 2.37. The van der Waals surface area contributed by atoms with Crippen molar-refractivity contribution < 1.29 is 18.3 Å². The molecule has 1 heterocycles. The molecule has 0 aliphatic rings. The fraction of sp³-hybridized carbons (Fsp3) is 0.111. The van der Waals surface area contributed by atoms with Gasteiger partial charge in [0, 0.05) is 10.9 Å². The second kappa shape index (κ2) is 6.16. The van der Waals surface area contributed by atoms with E-state index in [4.69, 9.17) is 14.9 Å². The van der Waals surface area contributed by atoms with E-state index in [1.165, 1.54) is 19.2 Å². The van der Waals surface area contributed by atoms with Crippen LogP contribution in [0.4, 0.5) is 10.1 Å². The number of primary amides is 1. The summed E-state index contributed by atoms with van der Waals surface area (Å²) in [5.41, 5.74) is 6.69. The van der Waals surface area contributed by atoms with E-state index < -0.39 is 11.7 Å². The largest absolute Gasteiger partial charge is 0.493 e. The van der Waals surface area contributed by atoms with Gasteiger partial charge in [-0.05, 0) is 31.2 Å². The van der Waals surface area contributed by atoms with Gasteiger partial charge in [0.2, 0.25) is 5.55 Å². The fourth-order valence-corrected chi connectivity index (χ4v) is 2.37. The summed E-state index contributed by atoms with van der Waals surface area (Å²) >= 11 is 0. The number of nitrogens with two attached hydrogens (primary N) is 1. The molecule has 1 amide bonds. The van der Waals surface area contributed by atoms with Crippen LogP contribution in [0.3, 0.4) is 0 Å². The summed E-state index contributed by atoms with van der Waals surface area (Å²) in [5.74, 6) is -0.581. The van der Waals surface area contributed by atoms with Crippen LogP contribution in [0.25, 0.3) is 11.0 Å². The minimum Gasteiger partial charge on any atom is -0.493 e. The molecule has 6 heteroatoms. The highest BCUT2D eigenvalue weighted by Crippen LogP contribution is 2.25. The molecule has 0 saturated carbocycles. The number of benzene rings is 2. The summed E-state index contributed by atoms with van der Waals surface area (Å²) in [4.78, 5) is 16.0. The summed E-state index contributed by atoms with van der Waals surface area (Å²) in [6, 6.07) is 11.4. The molecule has 0 aliphatic heterocycles. The summed E-state index contributed by atoms with van der Waals surface area (Å²) in [6.45, 7) is 1.60. The Balaban J connectivity index is 2.36. The number of methoxy groups -OCH3 is 1. The van der Waals surface area contributed by atoms with E-state index in [-0.39, 0.29) is 11.1 Å². The number of halogens is 1. The maximum atomic E-state index is 13.7. The molecule has 2 aromatic carbocycles. The zero-order valence-electron chi connectivity index (χ0n) is 13.2. The van der Waals surface area contributed by atoms with Gasteiger partial charge in [-0.2, -0.15) is 0 Å². The first kappa shape index (κ1) is 15.7. The van der Waals surface area contributed by atoms with Gasteiger partial charge in [0.25, 0.3) is 5.91 Å². The van der Waals surface area contributed by atoms with Crippen molar-refractivity contribution in [2.75, 3.05) is 7.11 Å². The zero-order valence-corrected chi connectivity index (χ0v) is 13.2. The smallest absolute Gasteiger partial charge is 0.254 e. The highest BCUT2D eigenvalue weighted by Gasteiger charge is 2.13. The Kier molecular flexibility index (Phi) is 4.04. The topological polar surface area (TPSA) is 77.8 Å². The van der Waals surface area contributed by atoms with Crippen LogP contribution in [0.15, 0.2) is 51.9 Å². The molecule has 3 aromatic rings. The van der Waals surface area contributed by atoms with Gasteiger partial charge >= 0.3 is 0 Å². The summed E-state index contributed by atoms with van der Waals surface area (Å²) < 4.78 is 24.7. The van der Waals surface area contributed by atoms with Crippen molar-refractivity contribution in [2.24, 2.45) is 10.7 Å². The third kappa shape index (κ3) is 2.74. The Morgan fingerprint density at radius 3 is 2.71 bits per heavy atom. The van der Waals surface area contributed by atoms with Crippen molar-refractivity contribution in [3.05, 3.63) is 65.0 Å². The first-order chi connectivity index (χ1) is 11.5. The van der Waals surface area contributed by atoms with Gasteiger partial charge in [0.05, 0.1) is 12.8 Å². The van der Waals surface area contributed by atoms with Gasteiger partial charge in [-0.1, -0.05) is 18.2 Å². The van der Waals surface area contributed by atoms with E-state index in [9.17, 15) is 9.18 Å². The Morgan fingerprint density at radius 2 is 2.00 bits per heavy atom. The highest BCUT2D eigenvalue weighted by atomic mass is 19.1. The number of carbonyl (C=O) groups is 1. The first-order valence-corrected chi connectivity index (χ1v) is 7.21. The summed E-state index contributed by atoms with van der Waals surface area (Å²) in [7, 11) is 1.51. The average molecular weight is 326 g/mol. The number of para-hydroxylation sites is 1. The number of ether oxygens (including phenoxy) is 1. The molecule has 0 atom stereocenters. The lowest BCUT2D eigenvalue weighted by molar-refractivity contribution is 0.0996. The monoisotopic (exact) mass is 326 g/mol. The molecule has 1 aromatic heterocycles. The Labute approximate surface area is 137 Å². The Bertz CT molecular complexity index is 1010. The van der Waals surface area contributed by atoms with Gasteiger partial charge < -0.3 is 14.9 Å². The number of hydrogen-bond acceptors (Lipinski definition) is 4. The third-order valence-corrected chi connectivity index (χ3v) is 3.68. The van der Waals surface area contributed by atoms with E-state index in [2.05, 4.69) is 4.99 Å². The predicted octanol–water partition coefficient (Wildman–Crippen LogP) is 3.22. The second-order valence-electron chi connectivity index (χ2n) is 5.20. The summed E-state index contributed by atoms with van der Waals surface area (Å²) in [5, 5.41) is 0.651. The van der Waals surface area contributed by atoms with Gasteiger partial charge in [0.15, 0.2) is 11.3 Å². The molecule has 0 radical (unpaired) electrons. The second-order valence-corrected chi connectivity index (χ2v) is 5.20. The van der Waals surface area contributed by atoms with Crippen LogP contribution >= 0.6 is 0 Å². The predicted molar refractivity (Wildman–Crippen MR) is 87.6 cm³/mol. The lowest BCUT2D eigenvalue weighted by Crippen LogP contribution is -2.21. The van der Waals surface area contributed by atoms with Crippen LogP contribution in [-0.2, 0) is 0 Å². The number of hydrogen-bond donors (Lipinski definition) is 1. The SMILES string of the molecule is COc1cccc2cc(C(N)=O)c(=Nc3cccc(F)c3C)oc12. The lowest BCUT2D eigenvalue weighted by atomic mass is 10.1. The van der Waals surface area contributed by atoms with Crippen molar-refractivity contribution in [1.29, 1.82) is 0 Å². The molecule has 5 nitrogen and oxygen atoms in total. The number of amides is 1. The highest BCUT2D eigenvalue weighted by molar-refractivity contribution is 5.96. The van der Waals surface area contributed by atoms with Gasteiger partial charge in [-0.15, -0.1) is 0 Å². The van der Waals surface area contributed by atoms with Crippen LogP contribution < -0.4 is 16.0 Å². The molecule has 122 valence electrons. The normalized spacial score (nSPS) is 11.7. The quantitative estimate of drug-likeness (QED) is 0.802. The molecule has 0 aliphatic carbocycles. The standard InChI is InChI=1S/C18H15FN2O3/c1-10-13(19)6-4-7-14(10)21-18-12(17(20)22)9-11-5-3-8-15(23-2)16(11)24-18/h3-9H,1-2H3,(H2,20,22). The van der Waals surface area contributed by atoms with Crippen LogP contribution in [-0.4, -0.2) is 13.0 Å². The molecular formula is C18H15FN2O3. The van der Waals surface area contributed by atoms with Crippen LogP contribution in [0, 0.1) is 12.7 Å². The number of fused-ring (bicyclic) bond motifs is 1. The number of nitrogens with zero attached hydrogens (tertiary/aromatic N) is 1. The maximum Gasteiger partial charge on any atom is 0.254 e. The van der Waals surface area contributed by atoms with Crippen LogP contribution in [0.5, 0.6) is 5.75 Å². The molecule has 0 unspecified atom stereocenters. The molecule has 2 N–H and O–H groups in total. The Morgan fingerprint density at radius 1 is 1.25 bits per heavy atom. The number of carbonyl (C=O) groups excluding carboxylic acids is 1. The molecule has 0 fully saturated rings. The van der Waals surface area contributed by atoms with E-state index in [1.54, 1.807) is 37.3 Å². The Hall–Kier alpha value is -3.15. The van der Waals surface area contributed by atoms with E-state index in [0.717, 1.165) is 0 Å². The molecular weight excluding hydrogens is 311 g/mol. The minimum absolute atomic E-state index is 0.00759. The molecule has 24 heavy (non-hydrogen) atoms. The van der Waals surface area contributed by atoms with E-state index in [0.29, 0.717) is 28.0 Å². The minimum atomic E-state index is -0.684. The van der Waals surface area contributed by atoms with Crippen molar-refractivity contribution in [3.8, 4) is 5.75 Å². The van der Waals surface area contributed by atoms with E-state index in [1.807, 2.05) is 0 Å². The molecule has 3 rings (SSSR count). The van der Waals surface area contributed by atoms with Gasteiger partial charge in [0.1, 0.15) is 11.4 Å². The maximum absolute atomic E-state index is 13.7. The van der Waals surface area contributed by atoms with E-state index >= 15 is 0 Å². The van der Waals surface area contributed by atoms with Crippen LogP contribution in [0.2, 0.25) is 0 Å². The third-order valence-electron chi connectivity index (χ3n) is 3.68. The average Bonchev–Trinajstić information content (AvgIpc) is 2.57. The number of rotatable bonds is 3. The lowest BCUT2D eigenvalue weighted by Gasteiger charge is -2.06. The van der Waals surface area contributed by atoms with Gasteiger partial charge in [-0.25, -0.2) is 9.38 Å². The molecule has 0 bridgehead atoms. The molecule has 0 spiro atoms. The van der Waals surface area contributed by atoms with Crippen molar-refractivity contribution in [1.82, 2.24) is 0 Å². The van der Waals surface area contributed by atoms with Crippen LogP contribution in [0.1, 0.15) is 15.9 Å².